The molecule has 2 aliphatic rings. The smallest absolute Gasteiger partial charge is 0.261 e. The van der Waals surface area contributed by atoms with Crippen LogP contribution in [0.2, 0.25) is 0 Å². The predicted octanol–water partition coefficient (Wildman–Crippen LogP) is 1.05. The monoisotopic (exact) mass is 362 g/mol. The van der Waals surface area contributed by atoms with E-state index in [1.165, 1.54) is 6.07 Å². The molecule has 0 amide bonds. The summed E-state index contributed by atoms with van der Waals surface area (Å²) in [5.41, 5.74) is 1.94. The Labute approximate surface area is 141 Å². The molecule has 1 aromatic rings. The molecule has 7 nitrogen and oxygen atoms in total. The van der Waals surface area contributed by atoms with Gasteiger partial charge in [-0.3, -0.25) is 4.55 Å². The molecular weight excluding hydrogens is 339 g/mol. The molecule has 1 atom stereocenters. The van der Waals surface area contributed by atoms with Crippen molar-refractivity contribution in [1.29, 1.82) is 0 Å². The van der Waals surface area contributed by atoms with E-state index >= 15 is 0 Å². The highest BCUT2D eigenvalue weighted by Gasteiger charge is 2.18. The van der Waals surface area contributed by atoms with Gasteiger partial charge in [0.25, 0.3) is 10.1 Å². The van der Waals surface area contributed by atoms with Gasteiger partial charge in [-0.25, -0.2) is 4.39 Å². The van der Waals surface area contributed by atoms with Crippen molar-refractivity contribution in [2.24, 2.45) is 0 Å². The largest absolute Gasteiger partial charge is 0.489 e. The number of hydrogen-bond donors (Lipinski definition) is 3. The minimum atomic E-state index is -3.67. The Kier molecular flexibility index (Phi) is 6.79. The van der Waals surface area contributed by atoms with Crippen LogP contribution < -0.4 is 15.4 Å². The summed E-state index contributed by atoms with van der Waals surface area (Å²) >= 11 is 0. The minimum Gasteiger partial charge on any atom is -0.489 e. The Morgan fingerprint density at radius 1 is 1.42 bits per heavy atom. The lowest BCUT2D eigenvalue weighted by molar-refractivity contribution is 0.000263. The van der Waals surface area contributed by atoms with Gasteiger partial charge in [0.2, 0.25) is 0 Å². The van der Waals surface area contributed by atoms with E-state index < -0.39 is 10.1 Å². The molecule has 0 aliphatic carbocycles. The van der Waals surface area contributed by atoms with Gasteiger partial charge in [-0.2, -0.15) is 8.42 Å². The molecule has 1 saturated heterocycles. The van der Waals surface area contributed by atoms with Gasteiger partial charge in [0.1, 0.15) is 24.3 Å². The summed E-state index contributed by atoms with van der Waals surface area (Å²) in [7, 11) is -3.67. The van der Waals surface area contributed by atoms with Crippen LogP contribution in [0.3, 0.4) is 0 Å². The molecule has 24 heavy (non-hydrogen) atoms. The lowest BCUT2D eigenvalue weighted by Gasteiger charge is -2.26. The van der Waals surface area contributed by atoms with Gasteiger partial charge in [-0.05, 0) is 24.5 Å². The van der Waals surface area contributed by atoms with Crippen LogP contribution >= 0.6 is 0 Å². The summed E-state index contributed by atoms with van der Waals surface area (Å²) in [6.07, 6.45) is 2.69. The van der Waals surface area contributed by atoms with Crippen LogP contribution in [0.25, 0.3) is 0 Å². The van der Waals surface area contributed by atoms with Gasteiger partial charge >= 0.3 is 0 Å². The normalized spacial score (nSPS) is 20.2. The van der Waals surface area contributed by atoms with E-state index in [-0.39, 0.29) is 11.9 Å². The third kappa shape index (κ3) is 6.60. The van der Waals surface area contributed by atoms with E-state index in [4.69, 9.17) is 14.0 Å². The number of halogens is 1. The number of rotatable bonds is 3. The van der Waals surface area contributed by atoms with Crippen LogP contribution in [0.15, 0.2) is 12.1 Å². The summed E-state index contributed by atoms with van der Waals surface area (Å²) in [6, 6.07) is 3.04. The number of anilines is 1. The summed E-state index contributed by atoms with van der Waals surface area (Å²) in [6.45, 7) is 3.73. The molecule has 0 aromatic heterocycles. The standard InChI is InChI=1S/C14H19FN2O2.CH4O3S/c15-11-6-10-2-1-3-17-14(10)13(7-11)19-9-12-8-16-4-5-18-12;1-5(2,3)4/h6-7,12,16-17H,1-5,8-9H2;1H3,(H,2,3,4). The fourth-order valence-electron chi connectivity index (χ4n) is 2.55. The second-order valence-electron chi connectivity index (χ2n) is 5.71. The number of ether oxygens (including phenoxy) is 2. The van der Waals surface area contributed by atoms with E-state index in [0.29, 0.717) is 25.2 Å². The SMILES string of the molecule is CS(=O)(=O)O.Fc1cc2c(c(OCC3CNCCO3)c1)NCCC2. The van der Waals surface area contributed by atoms with Crippen molar-refractivity contribution in [2.75, 3.05) is 44.4 Å². The van der Waals surface area contributed by atoms with E-state index in [1.54, 1.807) is 6.07 Å². The summed E-state index contributed by atoms with van der Waals surface area (Å²) < 4.78 is 50.8. The average Bonchev–Trinajstić information content (AvgIpc) is 2.52. The molecule has 136 valence electrons. The molecule has 2 heterocycles. The third-order valence-corrected chi connectivity index (χ3v) is 3.50. The predicted molar refractivity (Wildman–Crippen MR) is 88.8 cm³/mol. The van der Waals surface area contributed by atoms with Gasteiger partial charge in [-0.15, -0.1) is 0 Å². The van der Waals surface area contributed by atoms with Crippen molar-refractivity contribution in [3.63, 3.8) is 0 Å². The second kappa shape index (κ2) is 8.61. The maximum Gasteiger partial charge on any atom is 0.261 e. The average molecular weight is 362 g/mol. The fourth-order valence-corrected chi connectivity index (χ4v) is 2.55. The van der Waals surface area contributed by atoms with Gasteiger partial charge in [0, 0.05) is 25.7 Å². The number of benzene rings is 1. The molecule has 3 rings (SSSR count). The Balaban J connectivity index is 0.000000368. The molecule has 1 fully saturated rings. The fraction of sp³-hybridized carbons (Fsp3) is 0.600. The number of hydrogen-bond acceptors (Lipinski definition) is 6. The number of morpholine rings is 1. The first kappa shape index (κ1) is 18.9. The van der Waals surface area contributed by atoms with Gasteiger partial charge in [-0.1, -0.05) is 0 Å². The topological polar surface area (TPSA) is 96.9 Å². The summed E-state index contributed by atoms with van der Waals surface area (Å²) in [4.78, 5) is 0. The summed E-state index contributed by atoms with van der Waals surface area (Å²) in [5.74, 6) is 0.365. The lowest BCUT2D eigenvalue weighted by Crippen LogP contribution is -2.41. The highest BCUT2D eigenvalue weighted by molar-refractivity contribution is 7.85. The molecule has 1 aromatic carbocycles. The Hall–Kier alpha value is -1.42. The van der Waals surface area contributed by atoms with Crippen molar-refractivity contribution in [3.05, 3.63) is 23.5 Å². The zero-order valence-electron chi connectivity index (χ0n) is 13.5. The minimum absolute atomic E-state index is 0.0382. The van der Waals surface area contributed by atoms with Gasteiger partial charge < -0.3 is 20.1 Å². The van der Waals surface area contributed by atoms with E-state index in [2.05, 4.69) is 10.6 Å². The van der Waals surface area contributed by atoms with Crippen molar-refractivity contribution >= 4 is 15.8 Å². The lowest BCUT2D eigenvalue weighted by atomic mass is 10.0. The van der Waals surface area contributed by atoms with Crippen molar-refractivity contribution < 1.29 is 26.8 Å². The Morgan fingerprint density at radius 3 is 2.83 bits per heavy atom. The van der Waals surface area contributed by atoms with Crippen molar-refractivity contribution in [3.8, 4) is 5.75 Å². The molecule has 0 saturated carbocycles. The molecule has 0 spiro atoms. The highest BCUT2D eigenvalue weighted by Crippen LogP contribution is 2.33. The van der Waals surface area contributed by atoms with Crippen molar-refractivity contribution in [1.82, 2.24) is 5.32 Å². The first-order valence-electron chi connectivity index (χ1n) is 7.77. The maximum atomic E-state index is 13.6. The van der Waals surface area contributed by atoms with Crippen molar-refractivity contribution in [2.45, 2.75) is 18.9 Å². The first-order chi connectivity index (χ1) is 11.3. The van der Waals surface area contributed by atoms with Crippen LogP contribution in [0.5, 0.6) is 5.75 Å². The quantitative estimate of drug-likeness (QED) is 0.692. The molecule has 0 radical (unpaired) electrons. The number of nitrogens with one attached hydrogen (secondary N) is 2. The third-order valence-electron chi connectivity index (χ3n) is 3.50. The van der Waals surface area contributed by atoms with E-state index in [1.807, 2.05) is 0 Å². The first-order valence-corrected chi connectivity index (χ1v) is 9.61. The number of aryl methyl sites for hydroxylation is 1. The molecule has 2 aliphatic heterocycles. The van der Waals surface area contributed by atoms with Crippen LogP contribution in [0.1, 0.15) is 12.0 Å². The molecular formula is C15H23FN2O5S. The van der Waals surface area contributed by atoms with E-state index in [0.717, 1.165) is 43.7 Å². The zero-order valence-corrected chi connectivity index (χ0v) is 14.4. The van der Waals surface area contributed by atoms with Crippen LogP contribution in [-0.2, 0) is 21.3 Å². The van der Waals surface area contributed by atoms with Crippen LogP contribution in [0, 0.1) is 5.82 Å². The molecule has 3 N–H and O–H groups in total. The highest BCUT2D eigenvalue weighted by atomic mass is 32.2. The van der Waals surface area contributed by atoms with Crippen LogP contribution in [0.4, 0.5) is 10.1 Å². The zero-order chi connectivity index (χ0) is 17.6. The maximum absolute atomic E-state index is 13.6. The molecule has 9 heteroatoms. The van der Waals surface area contributed by atoms with E-state index in [9.17, 15) is 12.8 Å². The molecule has 1 unspecified atom stereocenters. The van der Waals surface area contributed by atoms with Crippen LogP contribution in [-0.4, -0.2) is 58.2 Å². The van der Waals surface area contributed by atoms with Gasteiger partial charge in [0.05, 0.1) is 18.6 Å². The summed E-state index contributed by atoms with van der Waals surface area (Å²) in [5, 5.41) is 6.55. The Morgan fingerprint density at radius 2 is 2.17 bits per heavy atom. The second-order valence-corrected chi connectivity index (χ2v) is 7.18. The number of fused-ring (bicyclic) bond motifs is 1. The van der Waals surface area contributed by atoms with Gasteiger partial charge in [0.15, 0.2) is 0 Å². The molecule has 0 bridgehead atoms. The Bertz CT molecular complexity index is 640.